The molecule has 0 radical (unpaired) electrons. The van der Waals surface area contributed by atoms with E-state index in [9.17, 15) is 0 Å². The number of likely N-dealkylation sites (tertiary alicyclic amines) is 1. The molecule has 6 heteroatoms. The van der Waals surface area contributed by atoms with E-state index in [2.05, 4.69) is 44.8 Å². The van der Waals surface area contributed by atoms with Crippen LogP contribution in [0.2, 0.25) is 0 Å². The molecule has 0 spiro atoms. The zero-order chi connectivity index (χ0) is 14.5. The molecular formula is C15H22N6. The summed E-state index contributed by atoms with van der Waals surface area (Å²) in [6.07, 6.45) is 5.30. The second-order valence-corrected chi connectivity index (χ2v) is 5.51. The Morgan fingerprint density at radius 2 is 2.24 bits per heavy atom. The number of anilines is 1. The summed E-state index contributed by atoms with van der Waals surface area (Å²) in [5, 5.41) is 15.0. The zero-order valence-corrected chi connectivity index (χ0v) is 12.4. The number of hydrogen-bond acceptors (Lipinski definition) is 5. The number of nitrogens with zero attached hydrogens (tertiary/aromatic N) is 5. The Morgan fingerprint density at radius 3 is 3.05 bits per heavy atom. The van der Waals surface area contributed by atoms with E-state index < -0.39 is 0 Å². The molecule has 1 aliphatic heterocycles. The van der Waals surface area contributed by atoms with Gasteiger partial charge in [-0.2, -0.15) is 0 Å². The van der Waals surface area contributed by atoms with Gasteiger partial charge in [0, 0.05) is 18.3 Å². The van der Waals surface area contributed by atoms with Crippen molar-refractivity contribution in [2.24, 2.45) is 0 Å². The largest absolute Gasteiger partial charge is 0.382 e. The lowest BCUT2D eigenvalue weighted by molar-refractivity contribution is 0.300. The van der Waals surface area contributed by atoms with E-state index in [0.29, 0.717) is 6.04 Å². The van der Waals surface area contributed by atoms with Gasteiger partial charge in [-0.15, -0.1) is 5.10 Å². The summed E-state index contributed by atoms with van der Waals surface area (Å²) < 4.78 is 1.68. The van der Waals surface area contributed by atoms with Crippen LogP contribution in [0, 0.1) is 0 Å². The van der Waals surface area contributed by atoms with Crippen LogP contribution < -0.4 is 5.32 Å². The minimum atomic E-state index is 0.547. The smallest absolute Gasteiger partial charge is 0.143 e. The molecule has 6 nitrogen and oxygen atoms in total. The normalized spacial score (nSPS) is 20.1. The van der Waals surface area contributed by atoms with Crippen molar-refractivity contribution in [2.45, 2.75) is 32.2 Å². The fourth-order valence-electron chi connectivity index (χ4n) is 2.87. The van der Waals surface area contributed by atoms with E-state index in [1.807, 2.05) is 12.1 Å². The zero-order valence-electron chi connectivity index (χ0n) is 12.4. The van der Waals surface area contributed by atoms with Gasteiger partial charge in [-0.05, 0) is 61.0 Å². The first-order valence-electron chi connectivity index (χ1n) is 7.67. The average Bonchev–Trinajstić information content (AvgIpc) is 2.96. The molecule has 21 heavy (non-hydrogen) atoms. The predicted octanol–water partition coefficient (Wildman–Crippen LogP) is 1.95. The van der Waals surface area contributed by atoms with Gasteiger partial charge >= 0.3 is 0 Å². The maximum absolute atomic E-state index is 3.93. The van der Waals surface area contributed by atoms with Crippen molar-refractivity contribution in [2.75, 3.05) is 25.0 Å². The van der Waals surface area contributed by atoms with Crippen LogP contribution in [-0.4, -0.2) is 50.8 Å². The van der Waals surface area contributed by atoms with E-state index in [-0.39, 0.29) is 0 Å². The Morgan fingerprint density at radius 1 is 1.29 bits per heavy atom. The van der Waals surface area contributed by atoms with Crippen LogP contribution >= 0.6 is 0 Å². The maximum Gasteiger partial charge on any atom is 0.143 e. The molecule has 0 saturated carbocycles. The van der Waals surface area contributed by atoms with Crippen LogP contribution in [0.15, 0.2) is 30.6 Å². The van der Waals surface area contributed by atoms with Gasteiger partial charge in [0.1, 0.15) is 6.33 Å². The molecular weight excluding hydrogens is 264 g/mol. The van der Waals surface area contributed by atoms with Gasteiger partial charge in [0.05, 0.1) is 5.69 Å². The quantitative estimate of drug-likeness (QED) is 0.931. The minimum Gasteiger partial charge on any atom is -0.382 e. The molecule has 0 bridgehead atoms. The fourth-order valence-corrected chi connectivity index (χ4v) is 2.87. The van der Waals surface area contributed by atoms with Crippen LogP contribution in [-0.2, 0) is 0 Å². The molecule has 2 heterocycles. The highest BCUT2D eigenvalue weighted by molar-refractivity contribution is 5.51. The lowest BCUT2D eigenvalue weighted by Crippen LogP contribution is -2.26. The molecule has 1 aromatic carbocycles. The second kappa shape index (κ2) is 6.67. The van der Waals surface area contributed by atoms with E-state index in [1.54, 1.807) is 11.0 Å². The molecule has 1 aliphatic rings. The number of nitrogens with one attached hydrogen (secondary N) is 1. The first-order valence-corrected chi connectivity index (χ1v) is 7.67. The molecule has 1 fully saturated rings. The SMILES string of the molecule is CCN1CCCC(Nc2cccc(-n3cnnn3)c2)CC1. The third kappa shape index (κ3) is 3.58. The van der Waals surface area contributed by atoms with Gasteiger partial charge in [0.2, 0.25) is 0 Å². The van der Waals surface area contributed by atoms with Crippen molar-refractivity contribution >= 4 is 5.69 Å². The number of benzene rings is 1. The molecule has 1 aromatic heterocycles. The van der Waals surface area contributed by atoms with E-state index >= 15 is 0 Å². The summed E-state index contributed by atoms with van der Waals surface area (Å²) in [6.45, 7) is 5.80. The van der Waals surface area contributed by atoms with E-state index in [1.165, 1.54) is 32.4 Å². The van der Waals surface area contributed by atoms with Crippen LogP contribution in [0.4, 0.5) is 5.69 Å². The monoisotopic (exact) mass is 286 g/mol. The van der Waals surface area contributed by atoms with Gasteiger partial charge in [-0.25, -0.2) is 4.68 Å². The van der Waals surface area contributed by atoms with Gasteiger partial charge in [0.15, 0.2) is 0 Å². The standard InChI is InChI=1S/C15H22N6/c1-2-20-9-4-6-13(8-10-20)17-14-5-3-7-15(11-14)21-12-16-18-19-21/h3,5,7,11-13,17H,2,4,6,8-10H2,1H3. The van der Waals surface area contributed by atoms with Gasteiger partial charge in [0.25, 0.3) is 0 Å². The molecule has 1 saturated heterocycles. The minimum absolute atomic E-state index is 0.547. The van der Waals surface area contributed by atoms with Gasteiger partial charge in [-0.3, -0.25) is 0 Å². The molecule has 112 valence electrons. The molecule has 1 N–H and O–H groups in total. The Bertz CT molecular complexity index is 553. The molecule has 0 aliphatic carbocycles. The number of tetrazole rings is 1. The summed E-state index contributed by atoms with van der Waals surface area (Å²) in [7, 11) is 0. The van der Waals surface area contributed by atoms with Crippen molar-refractivity contribution < 1.29 is 0 Å². The third-order valence-corrected chi connectivity index (χ3v) is 4.10. The molecule has 0 amide bonds. The number of aromatic nitrogens is 4. The first kappa shape index (κ1) is 14.0. The van der Waals surface area contributed by atoms with Crippen LogP contribution in [0.1, 0.15) is 26.2 Å². The van der Waals surface area contributed by atoms with Crippen molar-refractivity contribution in [3.63, 3.8) is 0 Å². The predicted molar refractivity (Wildman–Crippen MR) is 82.5 cm³/mol. The summed E-state index contributed by atoms with van der Waals surface area (Å²) in [4.78, 5) is 2.53. The summed E-state index contributed by atoms with van der Waals surface area (Å²) in [5.41, 5.74) is 2.12. The van der Waals surface area contributed by atoms with E-state index in [0.717, 1.165) is 17.9 Å². The lowest BCUT2D eigenvalue weighted by atomic mass is 10.1. The van der Waals surface area contributed by atoms with Crippen molar-refractivity contribution in [3.05, 3.63) is 30.6 Å². The molecule has 1 atom stereocenters. The fraction of sp³-hybridized carbons (Fsp3) is 0.533. The summed E-state index contributed by atoms with van der Waals surface area (Å²) >= 11 is 0. The topological polar surface area (TPSA) is 58.9 Å². The van der Waals surface area contributed by atoms with Crippen LogP contribution in [0.3, 0.4) is 0 Å². The highest BCUT2D eigenvalue weighted by Gasteiger charge is 2.15. The lowest BCUT2D eigenvalue weighted by Gasteiger charge is -2.19. The van der Waals surface area contributed by atoms with Crippen molar-refractivity contribution in [1.29, 1.82) is 0 Å². The van der Waals surface area contributed by atoms with Gasteiger partial charge in [-0.1, -0.05) is 13.0 Å². The Hall–Kier alpha value is -1.95. The van der Waals surface area contributed by atoms with Crippen LogP contribution in [0.5, 0.6) is 0 Å². The Balaban J connectivity index is 1.66. The maximum atomic E-state index is 3.93. The summed E-state index contributed by atoms with van der Waals surface area (Å²) in [6, 6.07) is 8.79. The number of rotatable bonds is 4. The van der Waals surface area contributed by atoms with E-state index in [4.69, 9.17) is 0 Å². The van der Waals surface area contributed by atoms with Gasteiger partial charge < -0.3 is 10.2 Å². The third-order valence-electron chi connectivity index (χ3n) is 4.10. The Kier molecular flexibility index (Phi) is 4.45. The van der Waals surface area contributed by atoms with Crippen LogP contribution in [0.25, 0.3) is 5.69 Å². The highest BCUT2D eigenvalue weighted by atomic mass is 15.5. The first-order chi connectivity index (χ1) is 10.3. The Labute approximate surface area is 125 Å². The second-order valence-electron chi connectivity index (χ2n) is 5.51. The molecule has 3 rings (SSSR count). The average molecular weight is 286 g/mol. The van der Waals surface area contributed by atoms with Crippen molar-refractivity contribution in [3.8, 4) is 5.69 Å². The summed E-state index contributed by atoms with van der Waals surface area (Å²) in [5.74, 6) is 0. The molecule has 2 aromatic rings. The number of hydrogen-bond donors (Lipinski definition) is 1. The molecule has 1 unspecified atom stereocenters. The van der Waals surface area contributed by atoms with Crippen molar-refractivity contribution in [1.82, 2.24) is 25.1 Å². The highest BCUT2D eigenvalue weighted by Crippen LogP contribution is 2.19.